The van der Waals surface area contributed by atoms with E-state index in [9.17, 15) is 13.2 Å². The minimum Gasteiger partial charge on any atom is -0.456 e. The topological polar surface area (TPSA) is 73.3 Å². The Morgan fingerprint density at radius 2 is 2.09 bits per heavy atom. The van der Waals surface area contributed by atoms with Crippen LogP contribution in [0, 0.1) is 6.92 Å². The fourth-order valence-electron chi connectivity index (χ4n) is 1.85. The predicted molar refractivity (Wildman–Crippen MR) is 84.9 cm³/mol. The summed E-state index contributed by atoms with van der Waals surface area (Å²) in [4.78, 5) is 16.6. The van der Waals surface area contributed by atoms with E-state index in [0.717, 1.165) is 17.7 Å². The van der Waals surface area contributed by atoms with Gasteiger partial charge in [-0.15, -0.1) is 11.3 Å². The molecule has 0 fully saturated rings. The van der Waals surface area contributed by atoms with Crippen molar-refractivity contribution < 1.29 is 17.9 Å². The Kier molecular flexibility index (Phi) is 4.97. The molecule has 0 saturated heterocycles. The van der Waals surface area contributed by atoms with Crippen molar-refractivity contribution in [3.63, 3.8) is 0 Å². The molecule has 0 N–H and O–H groups in total. The summed E-state index contributed by atoms with van der Waals surface area (Å²) in [5, 5.41) is 2.84. The molecule has 22 heavy (non-hydrogen) atoms. The standard InChI is InChI=1S/C15H17NO4S2/c1-4-14-16-11(9-21-14)8-20-15(17)13-7-12(22(3,18)19)6-5-10(13)2/h5-7,9H,4,8H2,1-3H3. The van der Waals surface area contributed by atoms with Crippen LogP contribution in [-0.4, -0.2) is 25.6 Å². The molecule has 1 aromatic heterocycles. The highest BCUT2D eigenvalue weighted by Gasteiger charge is 2.16. The smallest absolute Gasteiger partial charge is 0.338 e. The number of sulfone groups is 1. The third kappa shape index (κ3) is 3.92. The van der Waals surface area contributed by atoms with Crippen molar-refractivity contribution in [1.82, 2.24) is 4.98 Å². The molecule has 2 aromatic rings. The van der Waals surface area contributed by atoms with E-state index in [2.05, 4.69) is 4.98 Å². The Bertz CT molecular complexity index is 794. The average Bonchev–Trinajstić information content (AvgIpc) is 2.92. The summed E-state index contributed by atoms with van der Waals surface area (Å²) in [5.74, 6) is -0.547. The number of aromatic nitrogens is 1. The molecule has 0 amide bonds. The van der Waals surface area contributed by atoms with Crippen molar-refractivity contribution in [3.05, 3.63) is 45.4 Å². The van der Waals surface area contributed by atoms with E-state index >= 15 is 0 Å². The third-order valence-corrected chi connectivity index (χ3v) is 5.26. The van der Waals surface area contributed by atoms with E-state index in [1.807, 2.05) is 12.3 Å². The van der Waals surface area contributed by atoms with Crippen LogP contribution in [0.4, 0.5) is 0 Å². The molecule has 7 heteroatoms. The fraction of sp³-hybridized carbons (Fsp3) is 0.333. The molecule has 1 aromatic carbocycles. The Morgan fingerprint density at radius 1 is 1.36 bits per heavy atom. The first kappa shape index (κ1) is 16.6. The summed E-state index contributed by atoms with van der Waals surface area (Å²) >= 11 is 1.52. The highest BCUT2D eigenvalue weighted by Crippen LogP contribution is 2.18. The maximum atomic E-state index is 12.2. The van der Waals surface area contributed by atoms with Crippen LogP contribution >= 0.6 is 11.3 Å². The number of ether oxygens (including phenoxy) is 1. The summed E-state index contributed by atoms with van der Waals surface area (Å²) in [5.41, 5.74) is 1.63. The lowest BCUT2D eigenvalue weighted by molar-refractivity contribution is 0.0467. The number of thiazole rings is 1. The van der Waals surface area contributed by atoms with E-state index in [1.54, 1.807) is 13.0 Å². The van der Waals surface area contributed by atoms with E-state index in [-0.39, 0.29) is 17.1 Å². The van der Waals surface area contributed by atoms with Gasteiger partial charge in [-0.2, -0.15) is 0 Å². The second-order valence-corrected chi connectivity index (χ2v) is 7.87. The van der Waals surface area contributed by atoms with Crippen molar-refractivity contribution in [2.45, 2.75) is 31.8 Å². The van der Waals surface area contributed by atoms with Crippen LogP contribution in [-0.2, 0) is 27.6 Å². The van der Waals surface area contributed by atoms with Crippen LogP contribution in [0.25, 0.3) is 0 Å². The second-order valence-electron chi connectivity index (χ2n) is 4.91. The first-order valence-corrected chi connectivity index (χ1v) is 9.49. The maximum absolute atomic E-state index is 12.2. The minimum atomic E-state index is -3.36. The zero-order chi connectivity index (χ0) is 16.3. The number of esters is 1. The van der Waals surface area contributed by atoms with Crippen molar-refractivity contribution in [3.8, 4) is 0 Å². The molecule has 0 radical (unpaired) electrons. The molecule has 0 spiro atoms. The van der Waals surface area contributed by atoms with Gasteiger partial charge in [-0.1, -0.05) is 13.0 Å². The molecular formula is C15H17NO4S2. The van der Waals surface area contributed by atoms with Gasteiger partial charge in [0.15, 0.2) is 9.84 Å². The summed E-state index contributed by atoms with van der Waals surface area (Å²) in [6.45, 7) is 3.83. The first-order chi connectivity index (χ1) is 10.3. The number of nitrogens with zero attached hydrogens (tertiary/aromatic N) is 1. The third-order valence-electron chi connectivity index (χ3n) is 3.11. The van der Waals surface area contributed by atoms with Gasteiger partial charge in [-0.25, -0.2) is 18.2 Å². The SMILES string of the molecule is CCc1nc(COC(=O)c2cc(S(C)(=O)=O)ccc2C)cs1. The predicted octanol–water partition coefficient (Wildman–Crippen LogP) is 2.77. The molecule has 0 aliphatic heterocycles. The maximum Gasteiger partial charge on any atom is 0.338 e. The zero-order valence-corrected chi connectivity index (χ0v) is 14.3. The lowest BCUT2D eigenvalue weighted by atomic mass is 10.1. The van der Waals surface area contributed by atoms with Gasteiger partial charge in [0.25, 0.3) is 0 Å². The number of carbonyl (C=O) groups excluding carboxylic acids is 1. The van der Waals surface area contributed by atoms with E-state index in [4.69, 9.17) is 4.74 Å². The summed E-state index contributed by atoms with van der Waals surface area (Å²) in [7, 11) is -3.36. The quantitative estimate of drug-likeness (QED) is 0.783. The molecular weight excluding hydrogens is 322 g/mol. The van der Waals surface area contributed by atoms with Gasteiger partial charge >= 0.3 is 5.97 Å². The van der Waals surface area contributed by atoms with Gasteiger partial charge in [0.1, 0.15) is 6.61 Å². The molecule has 0 unspecified atom stereocenters. The number of aryl methyl sites for hydroxylation is 2. The van der Waals surface area contributed by atoms with Crippen LogP contribution in [0.1, 0.15) is 33.5 Å². The van der Waals surface area contributed by atoms with Gasteiger partial charge in [0.2, 0.25) is 0 Å². The molecule has 0 atom stereocenters. The summed E-state index contributed by atoms with van der Waals surface area (Å²) < 4.78 is 28.4. The molecule has 118 valence electrons. The normalized spacial score (nSPS) is 11.4. The average molecular weight is 339 g/mol. The Balaban J connectivity index is 2.15. The van der Waals surface area contributed by atoms with Crippen LogP contribution in [0.3, 0.4) is 0 Å². The summed E-state index contributed by atoms with van der Waals surface area (Å²) in [6.07, 6.45) is 1.95. The van der Waals surface area contributed by atoms with Crippen LogP contribution in [0.2, 0.25) is 0 Å². The largest absolute Gasteiger partial charge is 0.456 e. The van der Waals surface area contributed by atoms with Gasteiger partial charge < -0.3 is 4.74 Å². The van der Waals surface area contributed by atoms with Crippen molar-refractivity contribution >= 4 is 27.1 Å². The molecule has 0 aliphatic rings. The number of benzene rings is 1. The molecule has 1 heterocycles. The first-order valence-electron chi connectivity index (χ1n) is 6.72. The highest BCUT2D eigenvalue weighted by atomic mass is 32.2. The van der Waals surface area contributed by atoms with Crippen LogP contribution in [0.5, 0.6) is 0 Å². The van der Waals surface area contributed by atoms with Gasteiger partial charge in [-0.3, -0.25) is 0 Å². The van der Waals surface area contributed by atoms with Gasteiger partial charge in [0.05, 0.1) is 21.2 Å². The number of rotatable bonds is 5. The molecule has 5 nitrogen and oxygen atoms in total. The van der Waals surface area contributed by atoms with Crippen molar-refractivity contribution in [2.75, 3.05) is 6.26 Å². The van der Waals surface area contributed by atoms with Gasteiger partial charge in [0, 0.05) is 11.6 Å². The Hall–Kier alpha value is -1.73. The Morgan fingerprint density at radius 3 is 2.68 bits per heavy atom. The van der Waals surface area contributed by atoms with Crippen molar-refractivity contribution in [2.24, 2.45) is 0 Å². The monoisotopic (exact) mass is 339 g/mol. The zero-order valence-electron chi connectivity index (χ0n) is 12.6. The van der Waals surface area contributed by atoms with E-state index < -0.39 is 15.8 Å². The van der Waals surface area contributed by atoms with Crippen LogP contribution < -0.4 is 0 Å². The Labute approximate surface area is 133 Å². The van der Waals surface area contributed by atoms with E-state index in [1.165, 1.54) is 23.5 Å². The lowest BCUT2D eigenvalue weighted by Gasteiger charge is -2.08. The number of carbonyl (C=O) groups is 1. The molecule has 0 saturated carbocycles. The number of hydrogen-bond acceptors (Lipinski definition) is 6. The molecule has 0 aliphatic carbocycles. The fourth-order valence-corrected chi connectivity index (χ4v) is 3.22. The van der Waals surface area contributed by atoms with E-state index in [0.29, 0.717) is 11.3 Å². The molecule has 0 bridgehead atoms. The van der Waals surface area contributed by atoms with Crippen LogP contribution in [0.15, 0.2) is 28.5 Å². The highest BCUT2D eigenvalue weighted by molar-refractivity contribution is 7.90. The second kappa shape index (κ2) is 6.58. The van der Waals surface area contributed by atoms with Gasteiger partial charge in [-0.05, 0) is 31.0 Å². The van der Waals surface area contributed by atoms with Crippen molar-refractivity contribution in [1.29, 1.82) is 0 Å². The minimum absolute atomic E-state index is 0.0812. The lowest BCUT2D eigenvalue weighted by Crippen LogP contribution is -2.09. The molecule has 2 rings (SSSR count). The summed E-state index contributed by atoms with van der Waals surface area (Å²) in [6, 6.07) is 4.44. The number of hydrogen-bond donors (Lipinski definition) is 0.